The predicted molar refractivity (Wildman–Crippen MR) is 58.2 cm³/mol. The maximum atomic E-state index is 5.98. The maximum absolute atomic E-state index is 5.98. The van der Waals surface area contributed by atoms with Gasteiger partial charge in [-0.05, 0) is 12.8 Å². The van der Waals surface area contributed by atoms with Gasteiger partial charge in [0.2, 0.25) is 0 Å². The highest BCUT2D eigenvalue weighted by Crippen LogP contribution is 2.11. The molecule has 0 aliphatic carbocycles. The van der Waals surface area contributed by atoms with E-state index in [1.165, 1.54) is 0 Å². The van der Waals surface area contributed by atoms with Gasteiger partial charge in [-0.3, -0.25) is 0 Å². The monoisotopic (exact) mass is 208 g/mol. The Morgan fingerprint density at radius 2 is 1.25 bits per heavy atom. The lowest BCUT2D eigenvalue weighted by Crippen LogP contribution is -1.96. The molecule has 0 aromatic heterocycles. The average Bonchev–Trinajstić information content (AvgIpc) is 2.02. The molecule has 12 heavy (non-hydrogen) atoms. The minimum atomic E-state index is 0.160. The zero-order valence-electron chi connectivity index (χ0n) is 7.89. The molecular formula is C10H18Cl2. The van der Waals surface area contributed by atoms with E-state index >= 15 is 0 Å². The number of rotatable bonds is 6. The van der Waals surface area contributed by atoms with Crippen molar-refractivity contribution in [3.63, 3.8) is 0 Å². The number of hydrogen-bond donors (Lipinski definition) is 0. The molecule has 0 aliphatic rings. The van der Waals surface area contributed by atoms with Crippen LogP contribution in [-0.4, -0.2) is 10.8 Å². The van der Waals surface area contributed by atoms with Gasteiger partial charge in [-0.1, -0.05) is 38.8 Å². The first-order valence-corrected chi connectivity index (χ1v) is 5.54. The molecule has 0 nitrogen and oxygen atoms in total. The van der Waals surface area contributed by atoms with E-state index in [9.17, 15) is 0 Å². The summed E-state index contributed by atoms with van der Waals surface area (Å²) in [6, 6.07) is 0. The fourth-order valence-electron chi connectivity index (χ4n) is 0.985. The van der Waals surface area contributed by atoms with Crippen LogP contribution in [-0.2, 0) is 0 Å². The van der Waals surface area contributed by atoms with Gasteiger partial charge < -0.3 is 0 Å². The van der Waals surface area contributed by atoms with Crippen LogP contribution in [0.25, 0.3) is 0 Å². The molecule has 0 rings (SSSR count). The van der Waals surface area contributed by atoms with Gasteiger partial charge in [-0.15, -0.1) is 23.2 Å². The third kappa shape index (κ3) is 7.00. The van der Waals surface area contributed by atoms with Crippen molar-refractivity contribution in [2.24, 2.45) is 0 Å². The van der Waals surface area contributed by atoms with Crippen molar-refractivity contribution in [3.8, 4) is 0 Å². The third-order valence-electron chi connectivity index (χ3n) is 1.66. The second kappa shape index (κ2) is 7.94. The molecule has 0 N–H and O–H groups in total. The van der Waals surface area contributed by atoms with Crippen molar-refractivity contribution < 1.29 is 0 Å². The van der Waals surface area contributed by atoms with Crippen LogP contribution in [0.4, 0.5) is 0 Å². The first-order valence-electron chi connectivity index (χ1n) is 4.67. The molecule has 0 aliphatic heterocycles. The highest BCUT2D eigenvalue weighted by atomic mass is 35.5. The second-order valence-electron chi connectivity index (χ2n) is 2.99. The van der Waals surface area contributed by atoms with E-state index in [-0.39, 0.29) is 10.8 Å². The van der Waals surface area contributed by atoms with E-state index in [2.05, 4.69) is 13.8 Å². The lowest BCUT2D eigenvalue weighted by Gasteiger charge is -2.03. The molecule has 0 saturated heterocycles. The van der Waals surface area contributed by atoms with Gasteiger partial charge >= 0.3 is 0 Å². The van der Waals surface area contributed by atoms with Crippen LogP contribution < -0.4 is 0 Å². The fraction of sp³-hybridized carbons (Fsp3) is 0.800. The van der Waals surface area contributed by atoms with Gasteiger partial charge in [0.25, 0.3) is 0 Å². The highest BCUT2D eigenvalue weighted by molar-refractivity contribution is 6.23. The summed E-state index contributed by atoms with van der Waals surface area (Å²) in [5.41, 5.74) is 0. The first kappa shape index (κ1) is 12.3. The molecule has 0 amide bonds. The van der Waals surface area contributed by atoms with Crippen molar-refractivity contribution >= 4 is 23.2 Å². The van der Waals surface area contributed by atoms with Crippen LogP contribution in [0, 0.1) is 0 Å². The molecule has 0 fully saturated rings. The molecule has 2 atom stereocenters. The van der Waals surface area contributed by atoms with Crippen LogP contribution in [0.15, 0.2) is 12.2 Å². The summed E-state index contributed by atoms with van der Waals surface area (Å²) in [7, 11) is 0. The van der Waals surface area contributed by atoms with Gasteiger partial charge in [0.05, 0.1) is 10.8 Å². The summed E-state index contributed by atoms with van der Waals surface area (Å²) in [6.07, 6.45) is 8.34. The van der Waals surface area contributed by atoms with Crippen molar-refractivity contribution in [1.29, 1.82) is 0 Å². The van der Waals surface area contributed by atoms with Gasteiger partial charge in [-0.25, -0.2) is 0 Å². The van der Waals surface area contributed by atoms with Gasteiger partial charge in [0, 0.05) is 0 Å². The van der Waals surface area contributed by atoms with Crippen molar-refractivity contribution in [2.75, 3.05) is 0 Å². The number of allylic oxidation sites excluding steroid dienone is 2. The van der Waals surface area contributed by atoms with Crippen molar-refractivity contribution in [2.45, 2.75) is 50.3 Å². The first-order chi connectivity index (χ1) is 5.70. The Kier molecular flexibility index (Phi) is 8.15. The van der Waals surface area contributed by atoms with Crippen molar-refractivity contribution in [1.82, 2.24) is 0 Å². The molecule has 0 heterocycles. The van der Waals surface area contributed by atoms with Crippen LogP contribution in [0.1, 0.15) is 39.5 Å². The number of hydrogen-bond acceptors (Lipinski definition) is 0. The standard InChI is InChI=1S/C10H18Cl2/c1-3-5-9(11)7-8-10(12)6-4-2/h7-10H,3-6H2,1-2H3/b8-7+. The Balaban J connectivity index is 3.57. The maximum Gasteiger partial charge on any atom is 0.0516 e. The highest BCUT2D eigenvalue weighted by Gasteiger charge is 2.00. The van der Waals surface area contributed by atoms with Gasteiger partial charge in [0.1, 0.15) is 0 Å². The fourth-order valence-corrected chi connectivity index (χ4v) is 1.59. The Labute approximate surface area is 85.9 Å². The van der Waals surface area contributed by atoms with Crippen molar-refractivity contribution in [3.05, 3.63) is 12.2 Å². The third-order valence-corrected chi connectivity index (χ3v) is 2.39. The zero-order valence-corrected chi connectivity index (χ0v) is 9.41. The molecule has 0 saturated carbocycles. The predicted octanol–water partition coefficient (Wildman–Crippen LogP) is 4.36. The second-order valence-corrected chi connectivity index (χ2v) is 4.12. The molecule has 0 spiro atoms. The van der Waals surface area contributed by atoms with E-state index in [4.69, 9.17) is 23.2 Å². The molecule has 72 valence electrons. The lowest BCUT2D eigenvalue weighted by atomic mass is 10.2. The molecule has 2 unspecified atom stereocenters. The number of alkyl halides is 2. The molecule has 0 radical (unpaired) electrons. The largest absolute Gasteiger partial charge is 0.118 e. The van der Waals surface area contributed by atoms with E-state index in [0.29, 0.717) is 0 Å². The van der Waals surface area contributed by atoms with Crippen LogP contribution >= 0.6 is 23.2 Å². The minimum Gasteiger partial charge on any atom is -0.118 e. The van der Waals surface area contributed by atoms with Crippen LogP contribution in [0.2, 0.25) is 0 Å². The van der Waals surface area contributed by atoms with Crippen LogP contribution in [0.3, 0.4) is 0 Å². The normalized spacial score (nSPS) is 16.7. The van der Waals surface area contributed by atoms with E-state index < -0.39 is 0 Å². The Hall–Kier alpha value is 0.320. The molecular weight excluding hydrogens is 191 g/mol. The average molecular weight is 209 g/mol. The zero-order chi connectivity index (χ0) is 9.40. The Bertz CT molecular complexity index is 107. The molecule has 0 bridgehead atoms. The summed E-state index contributed by atoms with van der Waals surface area (Å²) in [5, 5.41) is 0.321. The molecule has 0 aromatic rings. The van der Waals surface area contributed by atoms with Crippen LogP contribution in [0.5, 0.6) is 0 Å². The summed E-state index contributed by atoms with van der Waals surface area (Å²) in [5.74, 6) is 0. The van der Waals surface area contributed by atoms with E-state index in [1.54, 1.807) is 0 Å². The molecule has 0 aromatic carbocycles. The summed E-state index contributed by atoms with van der Waals surface area (Å²) in [4.78, 5) is 0. The quantitative estimate of drug-likeness (QED) is 0.450. The SMILES string of the molecule is CCCC(Cl)/C=C/C(Cl)CCC. The molecule has 2 heteroatoms. The Morgan fingerprint density at radius 3 is 1.50 bits per heavy atom. The Morgan fingerprint density at radius 1 is 0.917 bits per heavy atom. The lowest BCUT2D eigenvalue weighted by molar-refractivity contribution is 0.800. The van der Waals surface area contributed by atoms with Gasteiger partial charge in [-0.2, -0.15) is 0 Å². The van der Waals surface area contributed by atoms with E-state index in [1.807, 2.05) is 12.2 Å². The number of halogens is 2. The van der Waals surface area contributed by atoms with E-state index in [0.717, 1.165) is 25.7 Å². The van der Waals surface area contributed by atoms with Gasteiger partial charge in [0.15, 0.2) is 0 Å². The minimum absolute atomic E-state index is 0.160. The summed E-state index contributed by atoms with van der Waals surface area (Å²) in [6.45, 7) is 4.26. The topological polar surface area (TPSA) is 0 Å². The summed E-state index contributed by atoms with van der Waals surface area (Å²) >= 11 is 12.0. The smallest absolute Gasteiger partial charge is 0.0516 e. The summed E-state index contributed by atoms with van der Waals surface area (Å²) < 4.78 is 0.